The molecular weight excluding hydrogens is 292 g/mol. The second-order valence-electron chi connectivity index (χ2n) is 4.64. The fourth-order valence-corrected chi connectivity index (χ4v) is 2.62. The van der Waals surface area contributed by atoms with Crippen molar-refractivity contribution in [3.8, 4) is 0 Å². The van der Waals surface area contributed by atoms with Crippen molar-refractivity contribution in [3.05, 3.63) is 23.8 Å². The minimum absolute atomic E-state index is 0.323. The number of nitrogens with zero attached hydrogens (tertiary/aromatic N) is 1. The molecule has 0 bridgehead atoms. The molecule has 1 aliphatic rings. The summed E-state index contributed by atoms with van der Waals surface area (Å²) in [6.07, 6.45) is 1.55. The van der Waals surface area contributed by atoms with Crippen LogP contribution in [0.15, 0.2) is 18.2 Å². The third kappa shape index (κ3) is 4.44. The summed E-state index contributed by atoms with van der Waals surface area (Å²) in [5, 5.41) is 0. The zero-order valence-electron chi connectivity index (χ0n) is 12.3. The molecule has 2 rings (SSSR count). The smallest absolute Gasteiger partial charge is 0.338 e. The van der Waals surface area contributed by atoms with Gasteiger partial charge in [0.15, 0.2) is 0 Å². The second kappa shape index (κ2) is 7.42. The number of carbonyl (C=O) groups is 1. The van der Waals surface area contributed by atoms with Gasteiger partial charge in [0.25, 0.3) is 0 Å². The van der Waals surface area contributed by atoms with Crippen LogP contribution in [-0.2, 0) is 20.5 Å². The Morgan fingerprint density at radius 2 is 2.10 bits per heavy atom. The molecule has 1 aliphatic heterocycles. The van der Waals surface area contributed by atoms with Crippen LogP contribution in [0.5, 0.6) is 0 Å². The van der Waals surface area contributed by atoms with E-state index in [2.05, 4.69) is 9.62 Å². The average Bonchev–Trinajstić information content (AvgIpc) is 2.47. The van der Waals surface area contributed by atoms with E-state index in [1.807, 2.05) is 6.07 Å². The van der Waals surface area contributed by atoms with Gasteiger partial charge >= 0.3 is 5.97 Å². The van der Waals surface area contributed by atoms with E-state index < -0.39 is 11.0 Å². The SMILES string of the molecule is CCOC(=O)c1cc(NS(C)=O)cc(N2CCOCC2)c1. The molecule has 7 heteroatoms. The number of hydrogen-bond acceptors (Lipinski definition) is 5. The van der Waals surface area contributed by atoms with Crippen molar-refractivity contribution in [3.63, 3.8) is 0 Å². The first-order valence-electron chi connectivity index (χ1n) is 6.85. The van der Waals surface area contributed by atoms with Gasteiger partial charge in [-0.25, -0.2) is 9.00 Å². The lowest BCUT2D eigenvalue weighted by molar-refractivity contribution is 0.0526. The van der Waals surface area contributed by atoms with Crippen molar-refractivity contribution < 1.29 is 18.5 Å². The van der Waals surface area contributed by atoms with Crippen molar-refractivity contribution in [2.75, 3.05) is 48.8 Å². The maximum absolute atomic E-state index is 11.9. The molecule has 1 saturated heterocycles. The fraction of sp³-hybridized carbons (Fsp3) is 0.500. The second-order valence-corrected chi connectivity index (χ2v) is 5.76. The van der Waals surface area contributed by atoms with E-state index in [-0.39, 0.29) is 5.97 Å². The summed E-state index contributed by atoms with van der Waals surface area (Å²) in [5.74, 6) is -0.377. The van der Waals surface area contributed by atoms with E-state index in [9.17, 15) is 9.00 Å². The molecule has 116 valence electrons. The van der Waals surface area contributed by atoms with Crippen molar-refractivity contribution in [2.45, 2.75) is 6.92 Å². The van der Waals surface area contributed by atoms with Gasteiger partial charge in [0.1, 0.15) is 11.0 Å². The Morgan fingerprint density at radius 1 is 1.38 bits per heavy atom. The summed E-state index contributed by atoms with van der Waals surface area (Å²) in [6.45, 7) is 4.94. The van der Waals surface area contributed by atoms with Gasteiger partial charge in [0.05, 0.1) is 25.4 Å². The predicted octanol–water partition coefficient (Wildman–Crippen LogP) is 1.41. The number of carbonyl (C=O) groups excluding carboxylic acids is 1. The molecule has 1 N–H and O–H groups in total. The topological polar surface area (TPSA) is 67.9 Å². The molecule has 1 heterocycles. The van der Waals surface area contributed by atoms with Gasteiger partial charge < -0.3 is 19.1 Å². The summed E-state index contributed by atoms with van der Waals surface area (Å²) in [6, 6.07) is 5.34. The van der Waals surface area contributed by atoms with Gasteiger partial charge in [0.2, 0.25) is 0 Å². The summed E-state index contributed by atoms with van der Waals surface area (Å²) in [5.41, 5.74) is 1.99. The van der Waals surface area contributed by atoms with E-state index in [0.29, 0.717) is 31.1 Å². The predicted molar refractivity (Wildman–Crippen MR) is 83.1 cm³/mol. The molecule has 1 aromatic rings. The Morgan fingerprint density at radius 3 is 2.71 bits per heavy atom. The lowest BCUT2D eigenvalue weighted by Gasteiger charge is -2.29. The Hall–Kier alpha value is -1.60. The highest BCUT2D eigenvalue weighted by Gasteiger charge is 2.16. The highest BCUT2D eigenvalue weighted by molar-refractivity contribution is 7.85. The van der Waals surface area contributed by atoms with Crippen LogP contribution in [0.2, 0.25) is 0 Å². The zero-order valence-corrected chi connectivity index (χ0v) is 13.1. The minimum atomic E-state index is -1.20. The number of ether oxygens (including phenoxy) is 2. The number of hydrogen-bond donors (Lipinski definition) is 1. The average molecular weight is 312 g/mol. The largest absolute Gasteiger partial charge is 0.462 e. The summed E-state index contributed by atoms with van der Waals surface area (Å²) < 4.78 is 24.6. The molecular formula is C14H20N2O4S. The van der Waals surface area contributed by atoms with Crippen LogP contribution in [0.3, 0.4) is 0 Å². The van der Waals surface area contributed by atoms with Gasteiger partial charge in [-0.3, -0.25) is 0 Å². The highest BCUT2D eigenvalue weighted by atomic mass is 32.2. The number of morpholine rings is 1. The lowest BCUT2D eigenvalue weighted by Crippen LogP contribution is -2.36. The normalized spacial score (nSPS) is 16.4. The third-order valence-corrected chi connectivity index (χ3v) is 3.59. The van der Waals surface area contributed by atoms with Gasteiger partial charge in [-0.1, -0.05) is 0 Å². The van der Waals surface area contributed by atoms with Crippen molar-refractivity contribution >= 4 is 28.3 Å². The number of esters is 1. The molecule has 0 amide bonds. The molecule has 21 heavy (non-hydrogen) atoms. The fourth-order valence-electron chi connectivity index (χ4n) is 2.17. The summed E-state index contributed by atoms with van der Waals surface area (Å²) in [7, 11) is -1.20. The molecule has 0 radical (unpaired) electrons. The minimum Gasteiger partial charge on any atom is -0.462 e. The third-order valence-electron chi connectivity index (χ3n) is 3.07. The highest BCUT2D eigenvalue weighted by Crippen LogP contribution is 2.24. The first-order chi connectivity index (χ1) is 10.1. The van der Waals surface area contributed by atoms with E-state index in [4.69, 9.17) is 9.47 Å². The first-order valence-corrected chi connectivity index (χ1v) is 8.41. The number of benzene rings is 1. The molecule has 1 atom stereocenters. The Bertz CT molecular complexity index is 530. The van der Waals surface area contributed by atoms with Crippen molar-refractivity contribution in [2.24, 2.45) is 0 Å². The van der Waals surface area contributed by atoms with Crippen LogP contribution >= 0.6 is 0 Å². The van der Waals surface area contributed by atoms with E-state index in [0.717, 1.165) is 18.8 Å². The molecule has 1 aromatic carbocycles. The van der Waals surface area contributed by atoms with E-state index in [1.54, 1.807) is 25.3 Å². The summed E-state index contributed by atoms with van der Waals surface area (Å²) in [4.78, 5) is 14.1. The first kappa shape index (κ1) is 15.8. The van der Waals surface area contributed by atoms with Crippen LogP contribution in [0.1, 0.15) is 17.3 Å². The van der Waals surface area contributed by atoms with Gasteiger partial charge in [-0.05, 0) is 25.1 Å². The Labute approximate surface area is 127 Å². The maximum Gasteiger partial charge on any atom is 0.338 e. The molecule has 1 unspecified atom stereocenters. The Balaban J connectivity index is 2.31. The number of rotatable bonds is 5. The molecule has 0 spiro atoms. The standard InChI is InChI=1S/C14H20N2O4S/c1-3-20-14(17)11-8-12(15-21(2)18)10-13(9-11)16-4-6-19-7-5-16/h8-10,15H,3-7H2,1-2H3. The molecule has 0 aliphatic carbocycles. The van der Waals surface area contributed by atoms with Crippen LogP contribution in [0.25, 0.3) is 0 Å². The molecule has 6 nitrogen and oxygen atoms in total. The van der Waals surface area contributed by atoms with Crippen LogP contribution in [0, 0.1) is 0 Å². The van der Waals surface area contributed by atoms with Crippen LogP contribution in [-0.4, -0.2) is 49.3 Å². The molecule has 1 fully saturated rings. The Kier molecular flexibility index (Phi) is 5.58. The van der Waals surface area contributed by atoms with Crippen molar-refractivity contribution in [1.82, 2.24) is 0 Å². The molecule has 0 saturated carbocycles. The van der Waals surface area contributed by atoms with E-state index >= 15 is 0 Å². The zero-order chi connectivity index (χ0) is 15.2. The monoisotopic (exact) mass is 312 g/mol. The van der Waals surface area contributed by atoms with Gasteiger partial charge in [0, 0.05) is 30.7 Å². The van der Waals surface area contributed by atoms with Crippen LogP contribution in [0.4, 0.5) is 11.4 Å². The van der Waals surface area contributed by atoms with Gasteiger partial charge in [-0.2, -0.15) is 0 Å². The summed E-state index contributed by atoms with van der Waals surface area (Å²) >= 11 is 0. The lowest BCUT2D eigenvalue weighted by atomic mass is 10.1. The maximum atomic E-state index is 11.9. The van der Waals surface area contributed by atoms with E-state index in [1.165, 1.54) is 0 Å². The molecule has 0 aromatic heterocycles. The number of nitrogens with one attached hydrogen (secondary N) is 1. The van der Waals surface area contributed by atoms with Gasteiger partial charge in [-0.15, -0.1) is 0 Å². The van der Waals surface area contributed by atoms with Crippen molar-refractivity contribution in [1.29, 1.82) is 0 Å². The quantitative estimate of drug-likeness (QED) is 0.833. The van der Waals surface area contributed by atoms with Crippen LogP contribution < -0.4 is 9.62 Å². The number of anilines is 2.